The van der Waals surface area contributed by atoms with E-state index >= 15 is 0 Å². The molecule has 0 spiro atoms. The molecular weight excluding hydrogens is 278 g/mol. The Kier molecular flexibility index (Phi) is 6.66. The summed E-state index contributed by atoms with van der Waals surface area (Å²) in [4.78, 5) is 16.9. The summed E-state index contributed by atoms with van der Waals surface area (Å²) in [5, 5.41) is 12.8. The van der Waals surface area contributed by atoms with E-state index < -0.39 is 0 Å². The molecule has 0 aliphatic carbocycles. The molecule has 0 aromatic heterocycles. The lowest BCUT2D eigenvalue weighted by Crippen LogP contribution is -2.49. The number of hydrogen-bond acceptors (Lipinski definition) is 4. The lowest BCUT2D eigenvalue weighted by Gasteiger charge is -2.36. The van der Waals surface area contributed by atoms with Gasteiger partial charge in [-0.2, -0.15) is 0 Å². The lowest BCUT2D eigenvalue weighted by molar-refractivity contribution is -0.123. The van der Waals surface area contributed by atoms with Crippen molar-refractivity contribution in [3.05, 3.63) is 0 Å². The summed E-state index contributed by atoms with van der Waals surface area (Å²) in [6.07, 6.45) is 3.90. The van der Waals surface area contributed by atoms with Crippen LogP contribution >= 0.6 is 0 Å². The van der Waals surface area contributed by atoms with Crippen molar-refractivity contribution in [3.8, 4) is 0 Å². The highest BCUT2D eigenvalue weighted by Crippen LogP contribution is 2.20. The third-order valence-corrected chi connectivity index (χ3v) is 5.31. The zero-order chi connectivity index (χ0) is 16.1. The first-order valence-electron chi connectivity index (χ1n) is 8.89. The molecule has 2 aliphatic heterocycles. The molecule has 1 atom stereocenters. The van der Waals surface area contributed by atoms with Crippen LogP contribution in [0.25, 0.3) is 0 Å². The number of piperidine rings is 2. The third-order valence-electron chi connectivity index (χ3n) is 5.31. The molecule has 1 unspecified atom stereocenters. The second-order valence-corrected chi connectivity index (χ2v) is 7.33. The van der Waals surface area contributed by atoms with E-state index in [-0.39, 0.29) is 12.0 Å². The molecule has 5 heteroatoms. The first-order valence-corrected chi connectivity index (χ1v) is 8.89. The van der Waals surface area contributed by atoms with Gasteiger partial charge in [0.25, 0.3) is 0 Å². The molecule has 0 bridgehead atoms. The van der Waals surface area contributed by atoms with Crippen LogP contribution in [0.15, 0.2) is 0 Å². The van der Waals surface area contributed by atoms with Gasteiger partial charge in [0.1, 0.15) is 0 Å². The monoisotopic (exact) mass is 311 g/mol. The molecule has 0 radical (unpaired) electrons. The number of likely N-dealkylation sites (tertiary alicyclic amines) is 2. The van der Waals surface area contributed by atoms with E-state index in [0.717, 1.165) is 51.9 Å². The fraction of sp³-hybridized carbons (Fsp3) is 0.941. The number of nitrogens with one attached hydrogen (secondary N) is 1. The van der Waals surface area contributed by atoms with Crippen molar-refractivity contribution in [1.82, 2.24) is 15.1 Å². The maximum absolute atomic E-state index is 12.2. The average molecular weight is 311 g/mol. The van der Waals surface area contributed by atoms with Gasteiger partial charge in [0, 0.05) is 25.2 Å². The predicted molar refractivity (Wildman–Crippen MR) is 88.7 cm³/mol. The van der Waals surface area contributed by atoms with Crippen molar-refractivity contribution in [2.24, 2.45) is 5.92 Å². The van der Waals surface area contributed by atoms with Crippen LogP contribution in [0.1, 0.15) is 46.5 Å². The molecule has 1 amide bonds. The Bertz CT molecular complexity index is 312. The summed E-state index contributed by atoms with van der Waals surface area (Å²) in [6.45, 7) is 10.9. The van der Waals surface area contributed by atoms with E-state index in [1.54, 1.807) is 0 Å². The van der Waals surface area contributed by atoms with E-state index in [9.17, 15) is 9.90 Å². The zero-order valence-corrected chi connectivity index (χ0v) is 14.4. The predicted octanol–water partition coefficient (Wildman–Crippen LogP) is 1.07. The molecule has 2 saturated heterocycles. The van der Waals surface area contributed by atoms with Gasteiger partial charge in [0.05, 0.1) is 12.6 Å². The fourth-order valence-corrected chi connectivity index (χ4v) is 3.63. The van der Waals surface area contributed by atoms with Crippen molar-refractivity contribution in [3.63, 3.8) is 0 Å². The van der Waals surface area contributed by atoms with Gasteiger partial charge < -0.3 is 15.3 Å². The van der Waals surface area contributed by atoms with Crippen molar-refractivity contribution < 1.29 is 9.90 Å². The summed E-state index contributed by atoms with van der Waals surface area (Å²) in [5.41, 5.74) is 0. The van der Waals surface area contributed by atoms with Gasteiger partial charge >= 0.3 is 0 Å². The van der Waals surface area contributed by atoms with Crippen molar-refractivity contribution in [2.45, 2.75) is 64.6 Å². The molecule has 5 nitrogen and oxygen atoms in total. The minimum absolute atomic E-state index is 0.165. The lowest BCUT2D eigenvalue weighted by atomic mass is 9.92. The Morgan fingerprint density at radius 1 is 1.09 bits per heavy atom. The van der Waals surface area contributed by atoms with Crippen LogP contribution in [0.2, 0.25) is 0 Å². The van der Waals surface area contributed by atoms with Crippen LogP contribution in [-0.2, 0) is 4.79 Å². The van der Waals surface area contributed by atoms with Gasteiger partial charge in [-0.25, -0.2) is 0 Å². The Balaban J connectivity index is 1.65. The van der Waals surface area contributed by atoms with Gasteiger partial charge in [0.15, 0.2) is 0 Å². The van der Waals surface area contributed by atoms with Crippen molar-refractivity contribution in [1.29, 1.82) is 0 Å². The van der Waals surface area contributed by atoms with Gasteiger partial charge in [0.2, 0.25) is 5.91 Å². The molecular formula is C17H33N3O2. The Hall–Kier alpha value is -0.650. The first kappa shape index (κ1) is 17.7. The topological polar surface area (TPSA) is 55.8 Å². The molecule has 2 N–H and O–H groups in total. The minimum atomic E-state index is -0.220. The minimum Gasteiger partial charge on any atom is -0.393 e. The Labute approximate surface area is 135 Å². The molecule has 2 fully saturated rings. The van der Waals surface area contributed by atoms with Crippen molar-refractivity contribution in [2.75, 3.05) is 32.7 Å². The summed E-state index contributed by atoms with van der Waals surface area (Å²) in [6, 6.07) is 0.948. The summed E-state index contributed by atoms with van der Waals surface area (Å²) in [5.74, 6) is 0.568. The highest BCUT2D eigenvalue weighted by Gasteiger charge is 2.25. The number of aliphatic hydroxyl groups excluding tert-OH is 1. The van der Waals surface area contributed by atoms with Gasteiger partial charge in [-0.1, -0.05) is 0 Å². The molecule has 0 aromatic carbocycles. The number of aliphatic hydroxyl groups is 1. The Morgan fingerprint density at radius 3 is 2.18 bits per heavy atom. The normalized spacial score (nSPS) is 24.6. The van der Waals surface area contributed by atoms with Gasteiger partial charge in [-0.05, 0) is 65.5 Å². The van der Waals surface area contributed by atoms with Crippen LogP contribution in [0, 0.1) is 5.92 Å². The molecule has 0 saturated carbocycles. The standard InChI is InChI=1S/C17H33N3O2/c1-13(2)20-10-6-16(7-11-20)18-17(22)12-19-8-4-15(5-9-19)14(3)21/h13-16,21H,4-12H2,1-3H3,(H,18,22). The maximum Gasteiger partial charge on any atom is 0.234 e. The second-order valence-electron chi connectivity index (χ2n) is 7.33. The number of nitrogens with zero attached hydrogens (tertiary/aromatic N) is 2. The van der Waals surface area contributed by atoms with E-state index in [1.165, 1.54) is 0 Å². The smallest absolute Gasteiger partial charge is 0.234 e. The number of hydrogen-bond donors (Lipinski definition) is 2. The van der Waals surface area contributed by atoms with E-state index in [1.807, 2.05) is 6.92 Å². The largest absolute Gasteiger partial charge is 0.393 e. The number of carbonyl (C=O) groups is 1. The van der Waals surface area contributed by atoms with Crippen LogP contribution < -0.4 is 5.32 Å². The highest BCUT2D eigenvalue weighted by molar-refractivity contribution is 5.78. The van der Waals surface area contributed by atoms with E-state index in [2.05, 4.69) is 29.0 Å². The zero-order valence-electron chi connectivity index (χ0n) is 14.4. The van der Waals surface area contributed by atoms with Crippen LogP contribution in [0.3, 0.4) is 0 Å². The number of rotatable bonds is 5. The quantitative estimate of drug-likeness (QED) is 0.797. The molecule has 0 aromatic rings. The van der Waals surface area contributed by atoms with E-state index in [0.29, 0.717) is 24.5 Å². The molecule has 2 heterocycles. The number of amides is 1. The fourth-order valence-electron chi connectivity index (χ4n) is 3.63. The van der Waals surface area contributed by atoms with Gasteiger partial charge in [-0.15, -0.1) is 0 Å². The first-order chi connectivity index (χ1) is 10.5. The molecule has 2 rings (SSSR count). The second kappa shape index (κ2) is 8.27. The Morgan fingerprint density at radius 2 is 1.68 bits per heavy atom. The summed E-state index contributed by atoms with van der Waals surface area (Å²) < 4.78 is 0. The number of carbonyl (C=O) groups excluding carboxylic acids is 1. The maximum atomic E-state index is 12.2. The highest BCUT2D eigenvalue weighted by atomic mass is 16.3. The molecule has 2 aliphatic rings. The van der Waals surface area contributed by atoms with Crippen LogP contribution in [0.5, 0.6) is 0 Å². The molecule has 128 valence electrons. The molecule has 22 heavy (non-hydrogen) atoms. The van der Waals surface area contributed by atoms with Gasteiger partial charge in [-0.3, -0.25) is 9.69 Å². The van der Waals surface area contributed by atoms with Crippen LogP contribution in [-0.4, -0.2) is 71.7 Å². The summed E-state index contributed by atoms with van der Waals surface area (Å²) >= 11 is 0. The van der Waals surface area contributed by atoms with Crippen molar-refractivity contribution >= 4 is 5.91 Å². The van der Waals surface area contributed by atoms with Crippen LogP contribution in [0.4, 0.5) is 0 Å². The summed E-state index contributed by atoms with van der Waals surface area (Å²) in [7, 11) is 0. The third kappa shape index (κ3) is 5.21. The SMILES string of the molecule is CC(O)C1CCN(CC(=O)NC2CCN(C(C)C)CC2)CC1. The van der Waals surface area contributed by atoms with E-state index in [4.69, 9.17) is 0 Å². The average Bonchev–Trinajstić information content (AvgIpc) is 2.48.